The number of carbonyl (C=O) groups excluding carboxylic acids is 2. The molecule has 3 rings (SSSR count). The van der Waals surface area contributed by atoms with Crippen LogP contribution < -0.4 is 16.6 Å². The Kier molecular flexibility index (Phi) is 4.33. The lowest BCUT2D eigenvalue weighted by Crippen LogP contribution is -2.70. The number of nitrogens with one attached hydrogen (secondary N) is 1. The van der Waals surface area contributed by atoms with Crippen LogP contribution >= 0.6 is 11.8 Å². The van der Waals surface area contributed by atoms with Gasteiger partial charge in [0.25, 0.3) is 5.56 Å². The molecule has 0 radical (unpaired) electrons. The SMILES string of the molecule is Cn1c(=O)c(O)cn(CC(=O)N[C@@H]2C(=O)N3[C@@H]2SC(C)(C)[C@@H]3C(=O)O)c1=O. The number of nitrogens with zero attached hydrogens (tertiary/aromatic N) is 3. The van der Waals surface area contributed by atoms with E-state index < -0.39 is 63.5 Å². The molecule has 0 aliphatic carbocycles. The van der Waals surface area contributed by atoms with Crippen LogP contribution in [0, 0.1) is 0 Å². The Morgan fingerprint density at radius 2 is 1.93 bits per heavy atom. The van der Waals surface area contributed by atoms with Crippen molar-refractivity contribution in [1.82, 2.24) is 19.4 Å². The zero-order chi connectivity index (χ0) is 20.3. The Morgan fingerprint density at radius 3 is 2.52 bits per heavy atom. The fourth-order valence-electron chi connectivity index (χ4n) is 3.34. The molecule has 2 aliphatic rings. The monoisotopic (exact) mass is 398 g/mol. The van der Waals surface area contributed by atoms with Crippen LogP contribution in [0.4, 0.5) is 0 Å². The molecule has 1 aromatic rings. The summed E-state index contributed by atoms with van der Waals surface area (Å²) in [6.45, 7) is 2.93. The summed E-state index contributed by atoms with van der Waals surface area (Å²) in [4.78, 5) is 60.8. The van der Waals surface area contributed by atoms with Crippen molar-refractivity contribution < 1.29 is 24.6 Å². The van der Waals surface area contributed by atoms with Crippen LogP contribution in [0.2, 0.25) is 0 Å². The number of aliphatic carboxylic acids is 1. The Hall–Kier alpha value is -2.76. The maximum Gasteiger partial charge on any atom is 0.331 e. The van der Waals surface area contributed by atoms with Crippen LogP contribution in [0.1, 0.15) is 13.8 Å². The highest BCUT2D eigenvalue weighted by atomic mass is 32.2. The summed E-state index contributed by atoms with van der Waals surface area (Å²) in [6, 6.07) is -1.89. The number of fused-ring (bicyclic) bond motifs is 1. The van der Waals surface area contributed by atoms with Crippen LogP contribution in [-0.4, -0.2) is 64.2 Å². The van der Waals surface area contributed by atoms with E-state index >= 15 is 0 Å². The second kappa shape index (κ2) is 6.15. The molecule has 0 saturated carbocycles. The molecular weight excluding hydrogens is 380 g/mol. The van der Waals surface area contributed by atoms with Gasteiger partial charge in [-0.15, -0.1) is 11.8 Å². The number of rotatable bonds is 4. The molecule has 0 unspecified atom stereocenters. The van der Waals surface area contributed by atoms with Crippen molar-refractivity contribution in [3.05, 3.63) is 27.0 Å². The van der Waals surface area contributed by atoms with Gasteiger partial charge < -0.3 is 20.4 Å². The number of hydrogen-bond donors (Lipinski definition) is 3. The summed E-state index contributed by atoms with van der Waals surface area (Å²) in [5.74, 6) is -2.98. The summed E-state index contributed by atoms with van der Waals surface area (Å²) in [5.41, 5.74) is -1.68. The van der Waals surface area contributed by atoms with Crippen molar-refractivity contribution in [2.45, 2.75) is 42.6 Å². The molecule has 11 nitrogen and oxygen atoms in total. The second-order valence-corrected chi connectivity index (χ2v) is 8.70. The number of amides is 2. The largest absolute Gasteiger partial charge is 0.502 e. The molecule has 2 fully saturated rings. The summed E-state index contributed by atoms with van der Waals surface area (Å²) >= 11 is 1.28. The van der Waals surface area contributed by atoms with Crippen molar-refractivity contribution in [1.29, 1.82) is 0 Å². The molecule has 3 heterocycles. The molecule has 2 amide bonds. The van der Waals surface area contributed by atoms with Gasteiger partial charge in [0.1, 0.15) is 24.0 Å². The van der Waals surface area contributed by atoms with E-state index in [2.05, 4.69) is 5.32 Å². The first-order chi connectivity index (χ1) is 12.5. The van der Waals surface area contributed by atoms with E-state index in [0.717, 1.165) is 17.8 Å². The van der Waals surface area contributed by atoms with Crippen LogP contribution in [0.25, 0.3) is 0 Å². The second-order valence-electron chi connectivity index (χ2n) is 6.93. The lowest BCUT2D eigenvalue weighted by atomic mass is 9.96. The first-order valence-electron chi connectivity index (χ1n) is 7.97. The molecule has 146 valence electrons. The zero-order valence-corrected chi connectivity index (χ0v) is 15.5. The molecule has 2 aliphatic heterocycles. The smallest absolute Gasteiger partial charge is 0.331 e. The molecular formula is C15H18N4O7S. The third-order valence-electron chi connectivity index (χ3n) is 4.64. The van der Waals surface area contributed by atoms with Crippen LogP contribution in [-0.2, 0) is 28.0 Å². The minimum absolute atomic E-state index is 0.505. The van der Waals surface area contributed by atoms with Crippen molar-refractivity contribution in [2.75, 3.05) is 0 Å². The topological polar surface area (TPSA) is 151 Å². The Morgan fingerprint density at radius 1 is 1.30 bits per heavy atom. The fourth-order valence-corrected chi connectivity index (χ4v) is 4.97. The van der Waals surface area contributed by atoms with E-state index in [-0.39, 0.29) is 0 Å². The molecule has 0 bridgehead atoms. The number of β-lactam (4-membered cyclic amide) rings is 1. The first kappa shape index (κ1) is 19.0. The van der Waals surface area contributed by atoms with Crippen LogP contribution in [0.5, 0.6) is 5.75 Å². The maximum atomic E-state index is 12.3. The van der Waals surface area contributed by atoms with Gasteiger partial charge in [-0.25, -0.2) is 9.59 Å². The van der Waals surface area contributed by atoms with E-state index in [1.807, 2.05) is 0 Å². The average Bonchev–Trinajstić information content (AvgIpc) is 2.84. The van der Waals surface area contributed by atoms with Gasteiger partial charge in [0.15, 0.2) is 5.75 Å². The highest BCUT2D eigenvalue weighted by Gasteiger charge is 2.64. The van der Waals surface area contributed by atoms with Crippen molar-refractivity contribution >= 4 is 29.5 Å². The highest BCUT2D eigenvalue weighted by molar-refractivity contribution is 8.01. The minimum Gasteiger partial charge on any atom is -0.502 e. The van der Waals surface area contributed by atoms with E-state index in [1.165, 1.54) is 16.7 Å². The molecule has 3 atom stereocenters. The van der Waals surface area contributed by atoms with E-state index in [4.69, 9.17) is 0 Å². The number of carbonyl (C=O) groups is 3. The Bertz CT molecular complexity index is 966. The summed E-state index contributed by atoms with van der Waals surface area (Å²) < 4.78 is 0.788. The quantitative estimate of drug-likeness (QED) is 0.487. The Balaban J connectivity index is 1.74. The van der Waals surface area contributed by atoms with E-state index in [9.17, 15) is 34.2 Å². The van der Waals surface area contributed by atoms with Gasteiger partial charge >= 0.3 is 11.7 Å². The predicted octanol–water partition coefficient (Wildman–Crippen LogP) is -2.12. The van der Waals surface area contributed by atoms with Gasteiger partial charge in [-0.1, -0.05) is 0 Å². The third-order valence-corrected chi connectivity index (χ3v) is 6.21. The molecule has 1 aromatic heterocycles. The van der Waals surface area contributed by atoms with Crippen LogP contribution in [0.15, 0.2) is 15.8 Å². The molecule has 0 spiro atoms. The molecule has 12 heteroatoms. The van der Waals surface area contributed by atoms with Crippen molar-refractivity contribution in [2.24, 2.45) is 7.05 Å². The summed E-state index contributed by atoms with van der Waals surface area (Å²) in [6.07, 6.45) is 0.854. The normalized spacial score (nSPS) is 25.7. The predicted molar refractivity (Wildman–Crippen MR) is 93.3 cm³/mol. The van der Waals surface area contributed by atoms with Crippen molar-refractivity contribution in [3.8, 4) is 5.75 Å². The zero-order valence-electron chi connectivity index (χ0n) is 14.7. The van der Waals surface area contributed by atoms with Gasteiger partial charge in [0, 0.05) is 11.8 Å². The lowest BCUT2D eigenvalue weighted by Gasteiger charge is -2.43. The Labute approximate surface area is 156 Å². The average molecular weight is 398 g/mol. The molecule has 0 aromatic carbocycles. The van der Waals surface area contributed by atoms with E-state index in [1.54, 1.807) is 13.8 Å². The standard InChI is InChI=1S/C15H18N4O7S/c1-15(2)9(13(24)25)19-11(23)8(12(19)27-15)16-7(21)5-18-4-6(20)10(22)17(3)14(18)26/h4,8-9,12,20H,5H2,1-3H3,(H,16,21)(H,24,25)/t8-,9+,12-/m1/s1. The first-order valence-corrected chi connectivity index (χ1v) is 8.85. The molecule has 2 saturated heterocycles. The van der Waals surface area contributed by atoms with Gasteiger partial charge in [0.2, 0.25) is 11.8 Å². The van der Waals surface area contributed by atoms with Gasteiger partial charge in [-0.05, 0) is 13.8 Å². The van der Waals surface area contributed by atoms with Gasteiger partial charge in [-0.3, -0.25) is 23.5 Å². The number of carboxylic acid groups (broad SMARTS) is 1. The molecule has 3 N–H and O–H groups in total. The third kappa shape index (κ3) is 2.89. The van der Waals surface area contributed by atoms with Gasteiger partial charge in [0.05, 0.1) is 6.20 Å². The summed E-state index contributed by atoms with van der Waals surface area (Å²) in [7, 11) is 1.16. The summed E-state index contributed by atoms with van der Waals surface area (Å²) in [5, 5.41) is 20.9. The number of hydrogen-bond acceptors (Lipinski definition) is 7. The lowest BCUT2D eigenvalue weighted by molar-refractivity contribution is -0.161. The number of aromatic nitrogens is 2. The number of thioether (sulfide) groups is 1. The maximum absolute atomic E-state index is 12.3. The van der Waals surface area contributed by atoms with E-state index in [0.29, 0.717) is 4.57 Å². The highest BCUT2D eigenvalue weighted by Crippen LogP contribution is 2.50. The molecule has 27 heavy (non-hydrogen) atoms. The fraction of sp³-hybridized carbons (Fsp3) is 0.533. The van der Waals surface area contributed by atoms with Crippen molar-refractivity contribution in [3.63, 3.8) is 0 Å². The number of carboxylic acids is 1. The van der Waals surface area contributed by atoms with Crippen LogP contribution in [0.3, 0.4) is 0 Å². The number of aromatic hydroxyl groups is 1. The van der Waals surface area contributed by atoms with Gasteiger partial charge in [-0.2, -0.15) is 0 Å². The minimum atomic E-state index is -1.11.